The highest BCUT2D eigenvalue weighted by Crippen LogP contribution is 2.21. The summed E-state index contributed by atoms with van der Waals surface area (Å²) in [5.74, 6) is 0.725. The van der Waals surface area contributed by atoms with Gasteiger partial charge in [-0.25, -0.2) is 0 Å². The van der Waals surface area contributed by atoms with E-state index < -0.39 is 0 Å². The molecule has 0 amide bonds. The van der Waals surface area contributed by atoms with E-state index in [-0.39, 0.29) is 0 Å². The van der Waals surface area contributed by atoms with Gasteiger partial charge in [0, 0.05) is 30.8 Å². The molecule has 1 saturated heterocycles. The van der Waals surface area contributed by atoms with Crippen molar-refractivity contribution in [1.29, 1.82) is 0 Å². The number of halogens is 1. The number of benzene rings is 1. The minimum absolute atomic E-state index is 0.520. The smallest absolute Gasteiger partial charge is 0.0469 e. The number of hydrogen-bond acceptors (Lipinski definition) is 2. The summed E-state index contributed by atoms with van der Waals surface area (Å²) in [6.45, 7) is 6.98. The molecule has 0 aromatic heterocycles. The maximum atomic E-state index is 6.24. The molecule has 18 heavy (non-hydrogen) atoms. The van der Waals surface area contributed by atoms with Crippen LogP contribution in [0.5, 0.6) is 0 Å². The monoisotopic (exact) mass is 267 g/mol. The first-order chi connectivity index (χ1) is 8.66. The van der Waals surface area contributed by atoms with E-state index in [2.05, 4.69) is 31.3 Å². The summed E-state index contributed by atoms with van der Waals surface area (Å²) in [4.78, 5) is 0. The number of nitrogens with one attached hydrogen (secondary N) is 1. The molecule has 1 aliphatic rings. The molecule has 1 aromatic rings. The summed E-state index contributed by atoms with van der Waals surface area (Å²) >= 11 is 6.24. The standard InChI is InChI=1S/C15H22ClNO/c1-11-3-4-14(15(16)9-11)10-17-12(2)13-5-7-18-8-6-13/h3-4,9,12-13,17H,5-8,10H2,1-2H3. The lowest BCUT2D eigenvalue weighted by atomic mass is 9.93. The van der Waals surface area contributed by atoms with Gasteiger partial charge in [0.05, 0.1) is 0 Å². The van der Waals surface area contributed by atoms with Crippen molar-refractivity contribution in [2.45, 2.75) is 39.3 Å². The Morgan fingerprint density at radius 1 is 1.39 bits per heavy atom. The highest BCUT2D eigenvalue weighted by atomic mass is 35.5. The summed E-state index contributed by atoms with van der Waals surface area (Å²) in [5, 5.41) is 4.45. The highest BCUT2D eigenvalue weighted by molar-refractivity contribution is 6.31. The van der Waals surface area contributed by atoms with Gasteiger partial charge in [-0.2, -0.15) is 0 Å². The quantitative estimate of drug-likeness (QED) is 0.901. The fourth-order valence-electron chi connectivity index (χ4n) is 2.45. The second-order valence-corrected chi connectivity index (χ2v) is 5.62. The Bertz CT molecular complexity index is 388. The van der Waals surface area contributed by atoms with Gasteiger partial charge in [0.25, 0.3) is 0 Å². The van der Waals surface area contributed by atoms with Crippen molar-refractivity contribution in [2.24, 2.45) is 5.92 Å². The zero-order valence-electron chi connectivity index (χ0n) is 11.2. The van der Waals surface area contributed by atoms with E-state index in [9.17, 15) is 0 Å². The van der Waals surface area contributed by atoms with Crippen molar-refractivity contribution < 1.29 is 4.74 Å². The summed E-state index contributed by atoms with van der Waals surface area (Å²) < 4.78 is 5.40. The van der Waals surface area contributed by atoms with Crippen LogP contribution in [0.25, 0.3) is 0 Å². The summed E-state index contributed by atoms with van der Waals surface area (Å²) in [6.07, 6.45) is 2.32. The average Bonchev–Trinajstić information content (AvgIpc) is 2.38. The lowest BCUT2D eigenvalue weighted by Gasteiger charge is -2.28. The van der Waals surface area contributed by atoms with Crippen LogP contribution in [0.3, 0.4) is 0 Å². The fraction of sp³-hybridized carbons (Fsp3) is 0.600. The van der Waals surface area contributed by atoms with E-state index >= 15 is 0 Å². The van der Waals surface area contributed by atoms with Gasteiger partial charge >= 0.3 is 0 Å². The minimum atomic E-state index is 0.520. The molecule has 0 bridgehead atoms. The van der Waals surface area contributed by atoms with E-state index in [4.69, 9.17) is 16.3 Å². The second-order valence-electron chi connectivity index (χ2n) is 5.21. The van der Waals surface area contributed by atoms with Gasteiger partial charge in [-0.05, 0) is 49.8 Å². The summed E-state index contributed by atoms with van der Waals surface area (Å²) in [6, 6.07) is 6.77. The fourth-order valence-corrected chi connectivity index (χ4v) is 2.75. The van der Waals surface area contributed by atoms with Crippen LogP contribution in [0.1, 0.15) is 30.9 Å². The summed E-state index contributed by atoms with van der Waals surface area (Å²) in [5.41, 5.74) is 2.39. The van der Waals surface area contributed by atoms with Crippen molar-refractivity contribution in [3.05, 3.63) is 34.3 Å². The minimum Gasteiger partial charge on any atom is -0.381 e. The van der Waals surface area contributed by atoms with Crippen LogP contribution in [0.2, 0.25) is 5.02 Å². The van der Waals surface area contributed by atoms with Crippen LogP contribution in [0.15, 0.2) is 18.2 Å². The van der Waals surface area contributed by atoms with Gasteiger partial charge in [0.2, 0.25) is 0 Å². The Labute approximate surface area is 115 Å². The third-order valence-electron chi connectivity index (χ3n) is 3.80. The lowest BCUT2D eigenvalue weighted by molar-refractivity contribution is 0.0558. The Morgan fingerprint density at radius 2 is 2.11 bits per heavy atom. The zero-order chi connectivity index (χ0) is 13.0. The number of rotatable bonds is 4. The van der Waals surface area contributed by atoms with Crippen molar-refractivity contribution in [2.75, 3.05) is 13.2 Å². The van der Waals surface area contributed by atoms with Gasteiger partial charge in [0.15, 0.2) is 0 Å². The van der Waals surface area contributed by atoms with E-state index in [1.807, 2.05) is 6.07 Å². The molecule has 1 unspecified atom stereocenters. The first kappa shape index (κ1) is 13.9. The lowest BCUT2D eigenvalue weighted by Crippen LogP contribution is -2.36. The summed E-state index contributed by atoms with van der Waals surface area (Å²) in [7, 11) is 0. The molecule has 2 nitrogen and oxygen atoms in total. The molecule has 1 aliphatic heterocycles. The van der Waals surface area contributed by atoms with Crippen LogP contribution in [-0.4, -0.2) is 19.3 Å². The Balaban J connectivity index is 1.86. The molecule has 0 radical (unpaired) electrons. The van der Waals surface area contributed by atoms with Crippen LogP contribution in [0.4, 0.5) is 0 Å². The third kappa shape index (κ3) is 3.71. The molecule has 3 heteroatoms. The van der Waals surface area contributed by atoms with Crippen molar-refractivity contribution in [3.8, 4) is 0 Å². The SMILES string of the molecule is Cc1ccc(CNC(C)C2CCOCC2)c(Cl)c1. The topological polar surface area (TPSA) is 21.3 Å². The third-order valence-corrected chi connectivity index (χ3v) is 4.15. The van der Waals surface area contributed by atoms with Gasteiger partial charge in [-0.1, -0.05) is 23.7 Å². The number of aryl methyl sites for hydroxylation is 1. The van der Waals surface area contributed by atoms with Crippen molar-refractivity contribution in [3.63, 3.8) is 0 Å². The zero-order valence-corrected chi connectivity index (χ0v) is 12.0. The molecule has 1 fully saturated rings. The Morgan fingerprint density at radius 3 is 2.78 bits per heavy atom. The van der Waals surface area contributed by atoms with Crippen molar-refractivity contribution in [1.82, 2.24) is 5.32 Å². The van der Waals surface area contributed by atoms with Gasteiger partial charge < -0.3 is 10.1 Å². The molecule has 0 saturated carbocycles. The van der Waals surface area contributed by atoms with Crippen LogP contribution >= 0.6 is 11.6 Å². The van der Waals surface area contributed by atoms with E-state index in [0.717, 1.165) is 43.5 Å². The largest absolute Gasteiger partial charge is 0.381 e. The van der Waals surface area contributed by atoms with Crippen LogP contribution in [-0.2, 0) is 11.3 Å². The normalized spacial score (nSPS) is 18.8. The van der Waals surface area contributed by atoms with E-state index in [1.165, 1.54) is 11.1 Å². The number of ether oxygens (including phenoxy) is 1. The molecular formula is C15H22ClNO. The molecule has 0 aliphatic carbocycles. The molecule has 0 spiro atoms. The average molecular weight is 268 g/mol. The Hall–Kier alpha value is -0.570. The van der Waals surface area contributed by atoms with E-state index in [0.29, 0.717) is 6.04 Å². The van der Waals surface area contributed by atoms with E-state index in [1.54, 1.807) is 0 Å². The molecule has 1 heterocycles. The predicted octanol–water partition coefficient (Wildman–Crippen LogP) is 3.55. The molecule has 100 valence electrons. The van der Waals surface area contributed by atoms with Gasteiger partial charge in [-0.3, -0.25) is 0 Å². The number of hydrogen-bond donors (Lipinski definition) is 1. The maximum Gasteiger partial charge on any atom is 0.0469 e. The van der Waals surface area contributed by atoms with Crippen LogP contribution in [0, 0.1) is 12.8 Å². The second kappa shape index (κ2) is 6.55. The molecule has 1 aromatic carbocycles. The van der Waals surface area contributed by atoms with Gasteiger partial charge in [0.1, 0.15) is 0 Å². The molecule has 2 rings (SSSR count). The Kier molecular flexibility index (Phi) is 5.04. The molecule has 1 N–H and O–H groups in total. The van der Waals surface area contributed by atoms with Crippen molar-refractivity contribution >= 4 is 11.6 Å². The molecule has 1 atom stereocenters. The first-order valence-corrected chi connectivity index (χ1v) is 7.11. The van der Waals surface area contributed by atoms with Crippen LogP contribution < -0.4 is 5.32 Å². The first-order valence-electron chi connectivity index (χ1n) is 6.73. The highest BCUT2D eigenvalue weighted by Gasteiger charge is 2.20. The predicted molar refractivity (Wildman–Crippen MR) is 76.0 cm³/mol. The van der Waals surface area contributed by atoms with Gasteiger partial charge in [-0.15, -0.1) is 0 Å². The molecular weight excluding hydrogens is 246 g/mol. The maximum absolute atomic E-state index is 6.24.